The smallest absolute Gasteiger partial charge is 0.0512 e. The Kier molecular flexibility index (Phi) is 3.01. The van der Waals surface area contributed by atoms with E-state index in [0.717, 1.165) is 13.0 Å². The summed E-state index contributed by atoms with van der Waals surface area (Å²) >= 11 is 0. The fraction of sp³-hybridized carbons (Fsp3) is 0.429. The summed E-state index contributed by atoms with van der Waals surface area (Å²) in [6, 6.07) is 4.43. The minimum Gasteiger partial charge on any atom is -0.350 e. The Balaban J connectivity index is 2.63. The molecule has 0 atom stereocenters. The van der Waals surface area contributed by atoms with Crippen LogP contribution in [0.3, 0.4) is 0 Å². The monoisotopic (exact) mass is 216 g/mol. The van der Waals surface area contributed by atoms with Crippen LogP contribution in [0, 0.1) is 13.8 Å². The second kappa shape index (κ2) is 4.30. The first-order valence-electron chi connectivity index (χ1n) is 5.84. The maximum absolute atomic E-state index is 3.21. The summed E-state index contributed by atoms with van der Waals surface area (Å²) in [5.41, 5.74) is 5.57. The first-order valence-corrected chi connectivity index (χ1v) is 5.84. The van der Waals surface area contributed by atoms with Crippen LogP contribution >= 0.6 is 0 Å². The summed E-state index contributed by atoms with van der Waals surface area (Å²) in [5, 5.41) is 4.66. The lowest BCUT2D eigenvalue weighted by Crippen LogP contribution is -2.10. The first-order chi connectivity index (χ1) is 7.65. The van der Waals surface area contributed by atoms with Crippen LogP contribution < -0.4 is 5.32 Å². The van der Waals surface area contributed by atoms with Crippen LogP contribution in [-0.2, 0) is 13.5 Å². The summed E-state index contributed by atoms with van der Waals surface area (Å²) in [6.45, 7) is 5.42. The molecule has 0 saturated carbocycles. The molecule has 0 saturated heterocycles. The van der Waals surface area contributed by atoms with E-state index >= 15 is 0 Å². The van der Waals surface area contributed by atoms with Gasteiger partial charge in [-0.1, -0.05) is 12.1 Å². The molecule has 0 spiro atoms. The number of aryl methyl sites for hydroxylation is 3. The first kappa shape index (κ1) is 11.2. The van der Waals surface area contributed by atoms with Gasteiger partial charge in [0.05, 0.1) is 5.52 Å². The summed E-state index contributed by atoms with van der Waals surface area (Å²) < 4.78 is 2.25. The molecule has 2 rings (SSSR count). The molecule has 0 radical (unpaired) electrons. The molecule has 0 amide bonds. The van der Waals surface area contributed by atoms with Crippen molar-refractivity contribution in [2.75, 3.05) is 13.6 Å². The van der Waals surface area contributed by atoms with Crippen LogP contribution in [0.5, 0.6) is 0 Å². The fourth-order valence-corrected chi connectivity index (χ4v) is 2.47. The number of rotatable bonds is 3. The van der Waals surface area contributed by atoms with E-state index in [0.29, 0.717) is 0 Å². The van der Waals surface area contributed by atoms with E-state index in [-0.39, 0.29) is 0 Å². The zero-order valence-electron chi connectivity index (χ0n) is 10.6. The highest BCUT2D eigenvalue weighted by Gasteiger charge is 2.10. The molecule has 1 heterocycles. The molecule has 0 aliphatic heterocycles. The van der Waals surface area contributed by atoms with Gasteiger partial charge in [-0.2, -0.15) is 0 Å². The highest BCUT2D eigenvalue weighted by molar-refractivity contribution is 5.89. The number of nitrogens with one attached hydrogen (secondary N) is 1. The number of aromatic nitrogens is 1. The molecule has 16 heavy (non-hydrogen) atoms. The fourth-order valence-electron chi connectivity index (χ4n) is 2.47. The molecule has 0 aliphatic carbocycles. The number of nitrogens with zero attached hydrogens (tertiary/aromatic N) is 1. The second-order valence-corrected chi connectivity index (χ2v) is 4.54. The molecular formula is C14H20N2. The van der Waals surface area contributed by atoms with Crippen molar-refractivity contribution in [3.05, 3.63) is 35.0 Å². The molecule has 86 valence electrons. The van der Waals surface area contributed by atoms with E-state index in [1.807, 2.05) is 7.05 Å². The predicted molar refractivity (Wildman–Crippen MR) is 70.0 cm³/mol. The van der Waals surface area contributed by atoms with Crippen molar-refractivity contribution < 1.29 is 0 Å². The molecular weight excluding hydrogens is 196 g/mol. The zero-order chi connectivity index (χ0) is 11.7. The van der Waals surface area contributed by atoms with E-state index < -0.39 is 0 Å². The molecule has 2 nitrogen and oxygen atoms in total. The van der Waals surface area contributed by atoms with Gasteiger partial charge in [0.2, 0.25) is 0 Å². The largest absolute Gasteiger partial charge is 0.350 e. The van der Waals surface area contributed by atoms with Gasteiger partial charge < -0.3 is 9.88 Å². The second-order valence-electron chi connectivity index (χ2n) is 4.54. The van der Waals surface area contributed by atoms with Gasteiger partial charge in [-0.05, 0) is 50.6 Å². The lowest BCUT2D eigenvalue weighted by molar-refractivity contribution is 0.791. The Morgan fingerprint density at radius 1 is 1.19 bits per heavy atom. The molecule has 1 N–H and O–H groups in total. The van der Waals surface area contributed by atoms with Crippen molar-refractivity contribution in [1.82, 2.24) is 9.88 Å². The Hall–Kier alpha value is -1.28. The number of benzene rings is 1. The lowest BCUT2D eigenvalue weighted by Gasteiger charge is -2.04. The zero-order valence-corrected chi connectivity index (χ0v) is 10.6. The van der Waals surface area contributed by atoms with Gasteiger partial charge in [0.25, 0.3) is 0 Å². The molecule has 0 bridgehead atoms. The van der Waals surface area contributed by atoms with Gasteiger partial charge in [0.1, 0.15) is 0 Å². The van der Waals surface area contributed by atoms with Crippen LogP contribution in [0.25, 0.3) is 10.9 Å². The van der Waals surface area contributed by atoms with Crippen molar-refractivity contribution in [3.63, 3.8) is 0 Å². The summed E-state index contributed by atoms with van der Waals surface area (Å²) in [4.78, 5) is 0. The standard InChI is InChI=1S/C14H20N2/c1-10-5-6-11(2)14-13(10)12(7-8-15-3)9-16(14)4/h5-6,9,15H,7-8H2,1-4H3. The predicted octanol–water partition coefficient (Wildman–Crippen LogP) is 2.56. The third-order valence-electron chi connectivity index (χ3n) is 3.26. The highest BCUT2D eigenvalue weighted by atomic mass is 14.9. The minimum atomic E-state index is 1.03. The average molecular weight is 216 g/mol. The number of hydrogen-bond acceptors (Lipinski definition) is 1. The molecule has 0 aliphatic rings. The minimum absolute atomic E-state index is 1.03. The number of hydrogen-bond donors (Lipinski definition) is 1. The van der Waals surface area contributed by atoms with Gasteiger partial charge in [0, 0.05) is 18.6 Å². The lowest BCUT2D eigenvalue weighted by atomic mass is 10.0. The van der Waals surface area contributed by atoms with Crippen LogP contribution in [-0.4, -0.2) is 18.2 Å². The topological polar surface area (TPSA) is 17.0 Å². The summed E-state index contributed by atoms with van der Waals surface area (Å²) in [6.07, 6.45) is 3.36. The van der Waals surface area contributed by atoms with Crippen molar-refractivity contribution in [3.8, 4) is 0 Å². The van der Waals surface area contributed by atoms with Crippen molar-refractivity contribution in [1.29, 1.82) is 0 Å². The third kappa shape index (κ3) is 1.74. The summed E-state index contributed by atoms with van der Waals surface area (Å²) in [5.74, 6) is 0. The van der Waals surface area contributed by atoms with Gasteiger partial charge >= 0.3 is 0 Å². The van der Waals surface area contributed by atoms with E-state index in [1.165, 1.54) is 27.6 Å². The van der Waals surface area contributed by atoms with E-state index in [1.54, 1.807) is 0 Å². The molecule has 2 aromatic rings. The van der Waals surface area contributed by atoms with Crippen LogP contribution in [0.15, 0.2) is 18.3 Å². The van der Waals surface area contributed by atoms with Gasteiger partial charge in [-0.15, -0.1) is 0 Å². The van der Waals surface area contributed by atoms with Crippen molar-refractivity contribution in [2.24, 2.45) is 7.05 Å². The van der Waals surface area contributed by atoms with E-state index in [4.69, 9.17) is 0 Å². The number of likely N-dealkylation sites (N-methyl/N-ethyl adjacent to an activating group) is 1. The Labute approximate surface area is 97.3 Å². The Morgan fingerprint density at radius 2 is 1.88 bits per heavy atom. The normalized spacial score (nSPS) is 11.2. The molecule has 0 unspecified atom stereocenters. The van der Waals surface area contributed by atoms with Crippen LogP contribution in [0.4, 0.5) is 0 Å². The third-order valence-corrected chi connectivity index (χ3v) is 3.26. The average Bonchev–Trinajstić information content (AvgIpc) is 2.59. The van der Waals surface area contributed by atoms with Crippen molar-refractivity contribution in [2.45, 2.75) is 20.3 Å². The molecule has 0 fully saturated rings. The van der Waals surface area contributed by atoms with Gasteiger partial charge in [0.15, 0.2) is 0 Å². The quantitative estimate of drug-likeness (QED) is 0.834. The van der Waals surface area contributed by atoms with E-state index in [2.05, 4.69) is 49.1 Å². The van der Waals surface area contributed by atoms with Gasteiger partial charge in [-0.25, -0.2) is 0 Å². The Bertz CT molecular complexity index is 509. The SMILES string of the molecule is CNCCc1cn(C)c2c(C)ccc(C)c12. The maximum Gasteiger partial charge on any atom is 0.0512 e. The maximum atomic E-state index is 3.21. The molecule has 2 heteroatoms. The van der Waals surface area contributed by atoms with Gasteiger partial charge in [-0.3, -0.25) is 0 Å². The number of fused-ring (bicyclic) bond motifs is 1. The van der Waals surface area contributed by atoms with Crippen LogP contribution in [0.1, 0.15) is 16.7 Å². The highest BCUT2D eigenvalue weighted by Crippen LogP contribution is 2.27. The Morgan fingerprint density at radius 3 is 2.56 bits per heavy atom. The molecule has 1 aromatic heterocycles. The van der Waals surface area contributed by atoms with E-state index in [9.17, 15) is 0 Å². The summed E-state index contributed by atoms with van der Waals surface area (Å²) in [7, 11) is 4.14. The molecule has 1 aromatic carbocycles. The van der Waals surface area contributed by atoms with Crippen LogP contribution in [0.2, 0.25) is 0 Å². The van der Waals surface area contributed by atoms with Crippen molar-refractivity contribution >= 4 is 10.9 Å².